The molecular weight excluding hydrogens is 356 g/mol. The van der Waals surface area contributed by atoms with Gasteiger partial charge in [0.2, 0.25) is 6.79 Å². The van der Waals surface area contributed by atoms with E-state index in [1.54, 1.807) is 30.3 Å². The number of nitrogens with one attached hydrogen (secondary N) is 2. The molecule has 1 aromatic heterocycles. The monoisotopic (exact) mass is 369 g/mol. The Morgan fingerprint density at radius 1 is 0.926 bits per heavy atom. The van der Waals surface area contributed by atoms with Gasteiger partial charge < -0.3 is 20.1 Å². The first-order chi connectivity index (χ1) is 13.1. The number of fused-ring (bicyclic) bond motifs is 1. The minimum Gasteiger partial charge on any atom is -0.454 e. The fraction of sp³-hybridized carbons (Fsp3) is 0.0526. The van der Waals surface area contributed by atoms with Crippen LogP contribution in [-0.2, 0) is 0 Å². The standard InChI is InChI=1S/C19H13F2N3O3/c20-14-4-2-12(7-15(14)21)23-18-6-1-11(9-22-18)19(25)24-13-3-5-16-17(8-13)27-10-26-16/h1-9H,10H2,(H,22,23)(H,24,25). The van der Waals surface area contributed by atoms with Crippen LogP contribution in [0.3, 0.4) is 0 Å². The Morgan fingerprint density at radius 2 is 1.74 bits per heavy atom. The minimum absolute atomic E-state index is 0.156. The van der Waals surface area contributed by atoms with Crippen molar-refractivity contribution in [1.82, 2.24) is 4.98 Å². The van der Waals surface area contributed by atoms with E-state index in [0.29, 0.717) is 34.3 Å². The van der Waals surface area contributed by atoms with E-state index in [2.05, 4.69) is 15.6 Å². The molecule has 0 aliphatic carbocycles. The fourth-order valence-corrected chi connectivity index (χ4v) is 2.50. The summed E-state index contributed by atoms with van der Waals surface area (Å²) in [5, 5.41) is 5.58. The molecule has 0 spiro atoms. The maximum absolute atomic E-state index is 13.2. The quantitative estimate of drug-likeness (QED) is 0.725. The zero-order valence-corrected chi connectivity index (χ0v) is 13.8. The van der Waals surface area contributed by atoms with Gasteiger partial charge in [-0.05, 0) is 36.4 Å². The first-order valence-electron chi connectivity index (χ1n) is 7.97. The lowest BCUT2D eigenvalue weighted by Crippen LogP contribution is -2.12. The number of pyridine rings is 1. The summed E-state index contributed by atoms with van der Waals surface area (Å²) >= 11 is 0. The lowest BCUT2D eigenvalue weighted by atomic mass is 10.2. The number of aromatic nitrogens is 1. The maximum atomic E-state index is 13.2. The first kappa shape index (κ1) is 16.8. The highest BCUT2D eigenvalue weighted by Crippen LogP contribution is 2.34. The molecule has 0 bridgehead atoms. The molecule has 2 heterocycles. The molecule has 1 aliphatic rings. The molecule has 6 nitrogen and oxygen atoms in total. The number of ether oxygens (including phenoxy) is 2. The van der Waals surface area contributed by atoms with E-state index in [9.17, 15) is 13.6 Å². The summed E-state index contributed by atoms with van der Waals surface area (Å²) in [6.07, 6.45) is 1.38. The predicted octanol–water partition coefficient (Wildman–Crippen LogP) is 4.08. The van der Waals surface area contributed by atoms with Crippen molar-refractivity contribution in [2.45, 2.75) is 0 Å². The molecular formula is C19H13F2N3O3. The van der Waals surface area contributed by atoms with Gasteiger partial charge in [-0.15, -0.1) is 0 Å². The number of benzene rings is 2. The summed E-state index contributed by atoms with van der Waals surface area (Å²) < 4.78 is 36.7. The Morgan fingerprint density at radius 3 is 2.52 bits per heavy atom. The van der Waals surface area contributed by atoms with Crippen molar-refractivity contribution in [1.29, 1.82) is 0 Å². The number of hydrogen-bond donors (Lipinski definition) is 2. The number of amides is 1. The Kier molecular flexibility index (Phi) is 4.29. The van der Waals surface area contributed by atoms with E-state index in [-0.39, 0.29) is 12.7 Å². The molecule has 136 valence electrons. The van der Waals surface area contributed by atoms with Gasteiger partial charge in [0.25, 0.3) is 5.91 Å². The van der Waals surface area contributed by atoms with Gasteiger partial charge in [0, 0.05) is 29.7 Å². The largest absolute Gasteiger partial charge is 0.454 e. The fourth-order valence-electron chi connectivity index (χ4n) is 2.50. The third-order valence-electron chi connectivity index (χ3n) is 3.85. The van der Waals surface area contributed by atoms with Crippen LogP contribution in [0.4, 0.5) is 26.0 Å². The zero-order valence-electron chi connectivity index (χ0n) is 13.8. The Labute approximate surface area is 152 Å². The molecule has 8 heteroatoms. The van der Waals surface area contributed by atoms with Gasteiger partial charge in [-0.3, -0.25) is 4.79 Å². The van der Waals surface area contributed by atoms with Gasteiger partial charge in [0.1, 0.15) is 5.82 Å². The normalized spacial score (nSPS) is 11.9. The van der Waals surface area contributed by atoms with Crippen molar-refractivity contribution in [2.24, 2.45) is 0 Å². The summed E-state index contributed by atoms with van der Waals surface area (Å²) in [5.41, 5.74) is 1.25. The molecule has 0 atom stereocenters. The number of carbonyl (C=O) groups excluding carboxylic acids is 1. The van der Waals surface area contributed by atoms with E-state index >= 15 is 0 Å². The lowest BCUT2D eigenvalue weighted by molar-refractivity contribution is 0.102. The second-order valence-electron chi connectivity index (χ2n) is 5.71. The highest BCUT2D eigenvalue weighted by molar-refractivity contribution is 6.04. The van der Waals surface area contributed by atoms with Crippen molar-refractivity contribution in [3.63, 3.8) is 0 Å². The van der Waals surface area contributed by atoms with Crippen molar-refractivity contribution in [3.05, 3.63) is 71.9 Å². The Balaban J connectivity index is 1.43. The van der Waals surface area contributed by atoms with Crippen LogP contribution in [0.2, 0.25) is 0 Å². The number of halogens is 2. The summed E-state index contributed by atoms with van der Waals surface area (Å²) in [7, 11) is 0. The van der Waals surface area contributed by atoms with Crippen LogP contribution in [0.25, 0.3) is 0 Å². The molecule has 27 heavy (non-hydrogen) atoms. The summed E-state index contributed by atoms with van der Waals surface area (Å²) in [6, 6.07) is 11.7. The van der Waals surface area contributed by atoms with Crippen molar-refractivity contribution < 1.29 is 23.0 Å². The molecule has 1 amide bonds. The van der Waals surface area contributed by atoms with Crippen molar-refractivity contribution in [3.8, 4) is 11.5 Å². The highest BCUT2D eigenvalue weighted by Gasteiger charge is 2.15. The van der Waals surface area contributed by atoms with Crippen molar-refractivity contribution >= 4 is 23.1 Å². The van der Waals surface area contributed by atoms with Gasteiger partial charge in [0.15, 0.2) is 23.1 Å². The molecule has 4 rings (SSSR count). The number of carbonyl (C=O) groups is 1. The molecule has 0 radical (unpaired) electrons. The van der Waals surface area contributed by atoms with E-state index < -0.39 is 11.6 Å². The predicted molar refractivity (Wildman–Crippen MR) is 94.4 cm³/mol. The van der Waals surface area contributed by atoms with E-state index in [0.717, 1.165) is 12.1 Å². The van der Waals surface area contributed by atoms with Crippen LogP contribution in [0.5, 0.6) is 11.5 Å². The Bertz CT molecular complexity index is 1010. The van der Waals surface area contributed by atoms with Gasteiger partial charge in [0.05, 0.1) is 5.56 Å². The zero-order chi connectivity index (χ0) is 18.8. The number of anilines is 3. The van der Waals surface area contributed by atoms with Gasteiger partial charge in [-0.25, -0.2) is 13.8 Å². The number of hydrogen-bond acceptors (Lipinski definition) is 5. The first-order valence-corrected chi connectivity index (χ1v) is 7.97. The van der Waals surface area contributed by atoms with Crippen LogP contribution in [-0.4, -0.2) is 17.7 Å². The minimum atomic E-state index is -0.959. The molecule has 2 N–H and O–H groups in total. The van der Waals surface area contributed by atoms with Crippen LogP contribution in [0, 0.1) is 11.6 Å². The number of nitrogens with zero attached hydrogens (tertiary/aromatic N) is 1. The van der Waals surface area contributed by atoms with Crippen LogP contribution >= 0.6 is 0 Å². The second kappa shape index (κ2) is 6.91. The molecule has 0 saturated carbocycles. The van der Waals surface area contributed by atoms with Gasteiger partial charge >= 0.3 is 0 Å². The second-order valence-corrected chi connectivity index (χ2v) is 5.71. The summed E-state index contributed by atoms with van der Waals surface area (Å²) in [6.45, 7) is 0.156. The third kappa shape index (κ3) is 3.64. The van der Waals surface area contributed by atoms with E-state index in [4.69, 9.17) is 9.47 Å². The van der Waals surface area contributed by atoms with Crippen molar-refractivity contribution in [2.75, 3.05) is 17.4 Å². The molecule has 1 aliphatic heterocycles. The molecule has 0 unspecified atom stereocenters. The summed E-state index contributed by atoms with van der Waals surface area (Å²) in [4.78, 5) is 16.4. The lowest BCUT2D eigenvalue weighted by Gasteiger charge is -2.08. The molecule has 2 aromatic carbocycles. The Hall–Kier alpha value is -3.68. The van der Waals surface area contributed by atoms with Gasteiger partial charge in [-0.1, -0.05) is 0 Å². The maximum Gasteiger partial charge on any atom is 0.257 e. The van der Waals surface area contributed by atoms with Crippen LogP contribution < -0.4 is 20.1 Å². The van der Waals surface area contributed by atoms with Gasteiger partial charge in [-0.2, -0.15) is 0 Å². The topological polar surface area (TPSA) is 72.5 Å². The van der Waals surface area contributed by atoms with E-state index in [1.807, 2.05) is 0 Å². The molecule has 3 aromatic rings. The number of rotatable bonds is 4. The average molecular weight is 369 g/mol. The van der Waals surface area contributed by atoms with E-state index in [1.165, 1.54) is 12.3 Å². The third-order valence-corrected chi connectivity index (χ3v) is 3.85. The SMILES string of the molecule is O=C(Nc1ccc2c(c1)OCO2)c1ccc(Nc2ccc(F)c(F)c2)nc1. The molecule has 0 fully saturated rings. The smallest absolute Gasteiger partial charge is 0.257 e. The van der Waals surface area contributed by atoms with Crippen LogP contribution in [0.15, 0.2) is 54.7 Å². The highest BCUT2D eigenvalue weighted by atomic mass is 19.2. The summed E-state index contributed by atoms with van der Waals surface area (Å²) in [5.74, 6) is -0.649. The molecule has 0 saturated heterocycles. The average Bonchev–Trinajstić information content (AvgIpc) is 3.13. The van der Waals surface area contributed by atoms with Crippen LogP contribution in [0.1, 0.15) is 10.4 Å².